The number of amides is 1. The molecule has 2 aromatic rings. The van der Waals surface area contributed by atoms with E-state index in [0.29, 0.717) is 17.0 Å². The Labute approximate surface area is 141 Å². The van der Waals surface area contributed by atoms with Crippen molar-refractivity contribution in [2.75, 3.05) is 26.5 Å². The molecule has 0 atom stereocenters. The highest BCUT2D eigenvalue weighted by molar-refractivity contribution is 7.85. The summed E-state index contributed by atoms with van der Waals surface area (Å²) in [6.07, 6.45) is 0. The highest BCUT2D eigenvalue weighted by Crippen LogP contribution is 2.23. The smallest absolute Gasteiger partial charge is 0.258 e. The van der Waals surface area contributed by atoms with E-state index in [9.17, 15) is 17.8 Å². The number of nitrogens with one attached hydrogen (secondary N) is 1. The second-order valence-corrected chi connectivity index (χ2v) is 7.28. The van der Waals surface area contributed by atoms with E-state index in [4.69, 9.17) is 4.74 Å². The van der Waals surface area contributed by atoms with E-state index < -0.39 is 14.2 Å². The van der Waals surface area contributed by atoms with Gasteiger partial charge in [-0.25, -0.2) is 3.89 Å². The Morgan fingerprint density at radius 1 is 1.04 bits per heavy atom. The number of anilines is 1. The van der Waals surface area contributed by atoms with Gasteiger partial charge in [0, 0.05) is 23.4 Å². The molecule has 0 aromatic heterocycles. The van der Waals surface area contributed by atoms with E-state index in [2.05, 4.69) is 5.32 Å². The van der Waals surface area contributed by atoms with Gasteiger partial charge >= 0.3 is 0 Å². The molecule has 0 saturated carbocycles. The van der Waals surface area contributed by atoms with Crippen LogP contribution >= 0.6 is 0 Å². The summed E-state index contributed by atoms with van der Waals surface area (Å²) in [6.45, 7) is 0. The van der Waals surface area contributed by atoms with Crippen LogP contribution in [0.4, 0.5) is 11.4 Å². The molecule has 1 N–H and O–H groups in total. The van der Waals surface area contributed by atoms with Gasteiger partial charge in [-0.15, -0.1) is 0 Å². The van der Waals surface area contributed by atoms with E-state index in [0.717, 1.165) is 0 Å². The summed E-state index contributed by atoms with van der Waals surface area (Å²) in [4.78, 5) is 12.2. The molecular formula is C16H18N2O5S. The number of ether oxygens (including phenoxy) is 1. The molecule has 1 amide bonds. The van der Waals surface area contributed by atoms with E-state index in [1.54, 1.807) is 31.4 Å². The Kier molecular flexibility index (Phi) is 4.93. The first-order valence-corrected chi connectivity index (χ1v) is 8.37. The van der Waals surface area contributed by atoms with Gasteiger partial charge in [0.15, 0.2) is 0 Å². The van der Waals surface area contributed by atoms with Crippen molar-refractivity contribution in [3.05, 3.63) is 54.1 Å². The number of benzene rings is 2. The lowest BCUT2D eigenvalue weighted by Gasteiger charge is -2.30. The molecule has 128 valence electrons. The minimum Gasteiger partial charge on any atom is -0.701 e. The molecule has 0 aliphatic carbocycles. The summed E-state index contributed by atoms with van der Waals surface area (Å²) in [5.41, 5.74) is 1.21. The van der Waals surface area contributed by atoms with Gasteiger partial charge in [-0.2, -0.15) is 8.42 Å². The largest absolute Gasteiger partial charge is 0.701 e. The van der Waals surface area contributed by atoms with Crippen LogP contribution in [0.15, 0.2) is 48.5 Å². The Bertz CT molecular complexity index is 828. The monoisotopic (exact) mass is 350 g/mol. The van der Waals surface area contributed by atoms with Crippen LogP contribution in [0.2, 0.25) is 0 Å². The molecular weight excluding hydrogens is 332 g/mol. The lowest BCUT2D eigenvalue weighted by molar-refractivity contribution is 0.102. The van der Waals surface area contributed by atoms with Crippen molar-refractivity contribution in [2.24, 2.45) is 0 Å². The van der Waals surface area contributed by atoms with E-state index in [1.165, 1.54) is 38.4 Å². The summed E-state index contributed by atoms with van der Waals surface area (Å²) in [5, 5.41) is 2.72. The Balaban J connectivity index is 2.16. The van der Waals surface area contributed by atoms with Gasteiger partial charge in [0.25, 0.3) is 16.2 Å². The molecule has 0 unspecified atom stereocenters. The number of hydrogen-bond donors (Lipinski definition) is 1. The molecule has 7 nitrogen and oxygen atoms in total. The van der Waals surface area contributed by atoms with Crippen molar-refractivity contribution in [1.82, 2.24) is 3.89 Å². The zero-order chi connectivity index (χ0) is 18.0. The first-order chi connectivity index (χ1) is 11.1. The number of carbonyl (C=O) groups is 1. The fraction of sp³-hybridized carbons (Fsp3) is 0.188. The molecule has 0 spiro atoms. The minimum atomic E-state index is -4.57. The third-order valence-corrected chi connectivity index (χ3v) is 4.99. The van der Waals surface area contributed by atoms with Crippen LogP contribution in [0.3, 0.4) is 0 Å². The molecule has 0 bridgehead atoms. The van der Waals surface area contributed by atoms with Crippen LogP contribution < -0.4 is 13.9 Å². The molecule has 0 saturated heterocycles. The standard InChI is InChI=1S/C16H18N2O5S/c1-18(2,24(20,21)22)14-8-4-12(5-9-14)16(19)17-13-6-10-15(23-3)11-7-13/h4-11H,1-3H3,(H-,17,19,20,21,22). The fourth-order valence-corrected chi connectivity index (χ4v) is 2.36. The lowest BCUT2D eigenvalue weighted by atomic mass is 10.2. The fourth-order valence-electron chi connectivity index (χ4n) is 1.98. The molecule has 8 heteroatoms. The Morgan fingerprint density at radius 2 is 1.58 bits per heavy atom. The van der Waals surface area contributed by atoms with E-state index in [1.807, 2.05) is 0 Å². The van der Waals surface area contributed by atoms with Crippen LogP contribution in [0.5, 0.6) is 5.75 Å². The quantitative estimate of drug-likeness (QED) is 0.657. The van der Waals surface area contributed by atoms with E-state index in [-0.39, 0.29) is 11.6 Å². The number of quaternary nitrogens is 1. The van der Waals surface area contributed by atoms with E-state index >= 15 is 0 Å². The number of rotatable bonds is 5. The van der Waals surface area contributed by atoms with Crippen LogP contribution in [-0.4, -0.2) is 40.1 Å². The maximum Gasteiger partial charge on any atom is 0.258 e. The van der Waals surface area contributed by atoms with Gasteiger partial charge < -0.3 is 14.6 Å². The molecule has 0 aliphatic heterocycles. The van der Waals surface area contributed by atoms with Gasteiger partial charge in [0.1, 0.15) is 11.4 Å². The molecule has 24 heavy (non-hydrogen) atoms. The van der Waals surface area contributed by atoms with Crippen molar-refractivity contribution >= 4 is 27.6 Å². The first kappa shape index (κ1) is 17.9. The predicted molar refractivity (Wildman–Crippen MR) is 90.7 cm³/mol. The highest BCUT2D eigenvalue weighted by Gasteiger charge is 2.27. The van der Waals surface area contributed by atoms with Crippen molar-refractivity contribution in [3.8, 4) is 5.75 Å². The molecule has 0 aliphatic rings. The average molecular weight is 350 g/mol. The summed E-state index contributed by atoms with van der Waals surface area (Å²) >= 11 is 0. The van der Waals surface area contributed by atoms with Gasteiger partial charge in [0.05, 0.1) is 21.2 Å². The summed E-state index contributed by atoms with van der Waals surface area (Å²) in [5.74, 6) is 0.332. The maximum absolute atomic E-state index is 12.2. The number of carbonyl (C=O) groups excluding carboxylic acids is 1. The lowest BCUT2D eigenvalue weighted by Crippen LogP contribution is -2.46. The Morgan fingerprint density at radius 3 is 2.04 bits per heavy atom. The topological polar surface area (TPSA) is 95.5 Å². The van der Waals surface area contributed by atoms with Gasteiger partial charge in [-0.3, -0.25) is 4.79 Å². The zero-order valence-electron chi connectivity index (χ0n) is 13.5. The summed E-state index contributed by atoms with van der Waals surface area (Å²) in [6, 6.07) is 12.7. The highest BCUT2D eigenvalue weighted by atomic mass is 32.2. The Hall–Kier alpha value is -2.42. The van der Waals surface area contributed by atoms with Crippen LogP contribution in [-0.2, 0) is 10.3 Å². The van der Waals surface area contributed by atoms with Crippen molar-refractivity contribution in [1.29, 1.82) is 0 Å². The summed E-state index contributed by atoms with van der Waals surface area (Å²) in [7, 11) is -0.471. The molecule has 0 radical (unpaired) electrons. The third-order valence-electron chi connectivity index (χ3n) is 3.66. The summed E-state index contributed by atoms with van der Waals surface area (Å²) < 4.78 is 38.1. The van der Waals surface area contributed by atoms with Gasteiger partial charge in [-0.05, 0) is 36.4 Å². The first-order valence-electron chi connectivity index (χ1n) is 7.01. The van der Waals surface area contributed by atoms with Crippen molar-refractivity contribution < 1.29 is 22.5 Å². The second-order valence-electron chi connectivity index (χ2n) is 5.51. The molecule has 2 rings (SSSR count). The predicted octanol–water partition coefficient (Wildman–Crippen LogP) is 1.97. The number of hydrogen-bond acceptors (Lipinski definition) is 5. The van der Waals surface area contributed by atoms with Crippen molar-refractivity contribution in [3.63, 3.8) is 0 Å². The normalized spacial score (nSPS) is 11.8. The minimum absolute atomic E-state index is 0.269. The van der Waals surface area contributed by atoms with Crippen molar-refractivity contribution in [2.45, 2.75) is 0 Å². The van der Waals surface area contributed by atoms with Gasteiger partial charge in [0.2, 0.25) is 0 Å². The maximum atomic E-state index is 12.2. The molecule has 0 heterocycles. The van der Waals surface area contributed by atoms with Crippen LogP contribution in [0.25, 0.3) is 0 Å². The van der Waals surface area contributed by atoms with Gasteiger partial charge in [-0.1, -0.05) is 0 Å². The number of nitrogens with zero attached hydrogens (tertiary/aromatic N) is 1. The SMILES string of the molecule is COc1ccc(NC(=O)c2ccc([N+](C)(C)S(=O)(=O)[O-])cc2)cc1. The third kappa shape index (κ3) is 3.73. The molecule has 0 fully saturated rings. The van der Waals surface area contributed by atoms with Crippen LogP contribution in [0, 0.1) is 0 Å². The molecule has 2 aromatic carbocycles. The van der Waals surface area contributed by atoms with Crippen LogP contribution in [0.1, 0.15) is 10.4 Å². The average Bonchev–Trinajstić information content (AvgIpc) is 2.54. The number of methoxy groups -OCH3 is 1. The second kappa shape index (κ2) is 6.60. The zero-order valence-corrected chi connectivity index (χ0v) is 14.3.